The molecule has 0 amide bonds. The minimum atomic E-state index is -4.18. The Morgan fingerprint density at radius 1 is 0.615 bits per heavy atom. The van der Waals surface area contributed by atoms with Crippen molar-refractivity contribution in [2.75, 3.05) is 7.11 Å². The maximum absolute atomic E-state index is 12.3. The summed E-state index contributed by atoms with van der Waals surface area (Å²) in [6, 6.07) is 28.1. The summed E-state index contributed by atoms with van der Waals surface area (Å²) in [5.74, 6) is 0. The van der Waals surface area contributed by atoms with Crippen molar-refractivity contribution in [1.82, 2.24) is 0 Å². The maximum atomic E-state index is 12.3. The van der Waals surface area contributed by atoms with Crippen molar-refractivity contribution >= 4 is 20.7 Å². The molecule has 2 N–H and O–H groups in total. The first-order chi connectivity index (χ1) is 12.1. The predicted octanol–water partition coefficient (Wildman–Crippen LogP) is 3.97. The summed E-state index contributed by atoms with van der Waals surface area (Å²) in [7, 11) is -5.60. The van der Waals surface area contributed by atoms with Gasteiger partial charge in [0.25, 0.3) is 0 Å². The highest BCUT2D eigenvalue weighted by Crippen LogP contribution is 2.69. The monoisotopic (exact) mass is 392 g/mol. The third kappa shape index (κ3) is 3.98. The summed E-state index contributed by atoms with van der Waals surface area (Å²) in [5.41, 5.74) is 0. The fourth-order valence-corrected chi connectivity index (χ4v) is 7.12. The molecule has 0 radical (unpaired) electrons. The third-order valence-electron chi connectivity index (χ3n) is 3.61. The zero-order valence-electron chi connectivity index (χ0n) is 14.1. The molecule has 0 aliphatic heterocycles. The van der Waals surface area contributed by atoms with Gasteiger partial charge in [0.1, 0.15) is 0 Å². The SMILES string of the molecule is COS(=O)(=O)OS(c1ccccc1)(c1ccccc1)c1ccccc1.O. The van der Waals surface area contributed by atoms with Gasteiger partial charge in [-0.15, -0.1) is 0 Å². The number of hydrogen-bond acceptors (Lipinski definition) is 4. The molecule has 7 heteroatoms. The van der Waals surface area contributed by atoms with Crippen molar-refractivity contribution in [3.8, 4) is 0 Å². The summed E-state index contributed by atoms with van der Waals surface area (Å²) in [6.45, 7) is 0. The van der Waals surface area contributed by atoms with E-state index in [1.165, 1.54) is 0 Å². The van der Waals surface area contributed by atoms with Crippen LogP contribution in [0.3, 0.4) is 0 Å². The molecule has 3 aromatic rings. The van der Waals surface area contributed by atoms with Gasteiger partial charge in [0.05, 0.1) is 7.11 Å². The first-order valence-electron chi connectivity index (χ1n) is 7.59. The summed E-state index contributed by atoms with van der Waals surface area (Å²) in [6.07, 6.45) is 0. The fourth-order valence-electron chi connectivity index (χ4n) is 2.52. The van der Waals surface area contributed by atoms with Crippen LogP contribution < -0.4 is 0 Å². The van der Waals surface area contributed by atoms with Gasteiger partial charge in [-0.1, -0.05) is 54.6 Å². The normalized spacial score (nSPS) is 12.2. The van der Waals surface area contributed by atoms with Gasteiger partial charge >= 0.3 is 10.4 Å². The Labute approximate surface area is 155 Å². The van der Waals surface area contributed by atoms with E-state index in [1.807, 2.05) is 91.0 Å². The van der Waals surface area contributed by atoms with E-state index in [0.717, 1.165) is 21.8 Å². The van der Waals surface area contributed by atoms with Crippen LogP contribution >= 0.6 is 10.3 Å². The molecule has 0 heterocycles. The minimum Gasteiger partial charge on any atom is -0.412 e. The Hall–Kier alpha value is -2.16. The molecule has 3 aromatic carbocycles. The van der Waals surface area contributed by atoms with Crippen LogP contribution in [0.1, 0.15) is 0 Å². The van der Waals surface area contributed by atoms with Crippen LogP contribution in [0.25, 0.3) is 0 Å². The number of hydrogen-bond donors (Lipinski definition) is 0. The van der Waals surface area contributed by atoms with Crippen LogP contribution in [0.4, 0.5) is 0 Å². The van der Waals surface area contributed by atoms with Gasteiger partial charge in [-0.3, -0.25) is 4.18 Å². The van der Waals surface area contributed by atoms with E-state index in [4.69, 9.17) is 3.63 Å². The lowest BCUT2D eigenvalue weighted by atomic mass is 10.4. The second-order valence-corrected chi connectivity index (χ2v) is 9.36. The van der Waals surface area contributed by atoms with Crippen LogP contribution in [-0.4, -0.2) is 21.0 Å². The minimum absolute atomic E-state index is 0. The van der Waals surface area contributed by atoms with Gasteiger partial charge in [-0.05, 0) is 46.7 Å². The highest BCUT2D eigenvalue weighted by molar-refractivity contribution is 8.32. The van der Waals surface area contributed by atoms with Gasteiger partial charge < -0.3 is 5.48 Å². The lowest BCUT2D eigenvalue weighted by Crippen LogP contribution is -2.15. The predicted molar refractivity (Wildman–Crippen MR) is 102 cm³/mol. The molecule has 0 fully saturated rings. The quantitative estimate of drug-likeness (QED) is 0.635. The molecule has 0 saturated heterocycles. The highest BCUT2D eigenvalue weighted by atomic mass is 32.3. The standard InChI is InChI=1S/C19H18O4S2.H2O/c1-22-25(20,21)23-24(17-11-5-2-6-12-17,18-13-7-3-8-14-18)19-15-9-4-10-16-19;/h2-16H,1H3;1H2. The van der Waals surface area contributed by atoms with E-state index in [-0.39, 0.29) is 5.48 Å². The van der Waals surface area contributed by atoms with E-state index >= 15 is 0 Å². The summed E-state index contributed by atoms with van der Waals surface area (Å²) >= 11 is 0. The molecule has 0 saturated carbocycles. The lowest BCUT2D eigenvalue weighted by Gasteiger charge is -2.38. The van der Waals surface area contributed by atoms with Crippen molar-refractivity contribution in [2.45, 2.75) is 14.7 Å². The molecule has 0 unspecified atom stereocenters. The molecule has 0 aliphatic carbocycles. The Kier molecular flexibility index (Phi) is 6.57. The Morgan fingerprint density at radius 2 is 0.923 bits per heavy atom. The van der Waals surface area contributed by atoms with Gasteiger partial charge in [0.15, 0.2) is 0 Å². The molecule has 5 nitrogen and oxygen atoms in total. The zero-order valence-corrected chi connectivity index (χ0v) is 15.7. The largest absolute Gasteiger partial charge is 0.412 e. The molecule has 0 bridgehead atoms. The van der Waals surface area contributed by atoms with E-state index in [0.29, 0.717) is 0 Å². The molecule has 0 aromatic heterocycles. The smallest absolute Gasteiger partial charge is 0.409 e. The molecule has 26 heavy (non-hydrogen) atoms. The first-order valence-corrected chi connectivity index (χ1v) is 10.5. The van der Waals surface area contributed by atoms with Gasteiger partial charge in [-0.2, -0.15) is 12.0 Å². The molecule has 0 spiro atoms. The summed E-state index contributed by atoms with van der Waals surface area (Å²) in [5, 5.41) is 0. The van der Waals surface area contributed by atoms with Crippen LogP contribution in [0.15, 0.2) is 106 Å². The molecular formula is C19H20O5S2. The average Bonchev–Trinajstić information content (AvgIpc) is 2.68. The average molecular weight is 392 g/mol. The Morgan fingerprint density at radius 3 is 1.19 bits per heavy atom. The van der Waals surface area contributed by atoms with E-state index < -0.39 is 20.7 Å². The van der Waals surface area contributed by atoms with Crippen molar-refractivity contribution in [1.29, 1.82) is 0 Å². The highest BCUT2D eigenvalue weighted by Gasteiger charge is 2.37. The number of benzene rings is 3. The third-order valence-corrected chi connectivity index (χ3v) is 8.31. The van der Waals surface area contributed by atoms with Crippen molar-refractivity contribution in [2.24, 2.45) is 0 Å². The van der Waals surface area contributed by atoms with Crippen LogP contribution in [0.5, 0.6) is 0 Å². The first kappa shape index (κ1) is 20.2. The Balaban J connectivity index is 0.00000243. The number of rotatable bonds is 6. The van der Waals surface area contributed by atoms with E-state index in [1.54, 1.807) is 0 Å². The maximum Gasteiger partial charge on any atom is 0.409 e. The molecular weight excluding hydrogens is 372 g/mol. The molecule has 0 atom stereocenters. The molecule has 138 valence electrons. The van der Waals surface area contributed by atoms with E-state index in [2.05, 4.69) is 4.18 Å². The van der Waals surface area contributed by atoms with Gasteiger partial charge in [0.2, 0.25) is 0 Å². The van der Waals surface area contributed by atoms with Crippen LogP contribution in [-0.2, 0) is 18.2 Å². The molecule has 0 aliphatic rings. The van der Waals surface area contributed by atoms with Crippen molar-refractivity contribution in [3.63, 3.8) is 0 Å². The Bertz CT molecular complexity index is 817. The van der Waals surface area contributed by atoms with Crippen LogP contribution in [0.2, 0.25) is 0 Å². The molecule has 3 rings (SSSR count). The second kappa shape index (κ2) is 8.48. The second-order valence-electron chi connectivity index (χ2n) is 5.14. The lowest BCUT2D eigenvalue weighted by molar-refractivity contribution is 0.339. The van der Waals surface area contributed by atoms with Gasteiger partial charge in [-0.25, -0.2) is 0 Å². The topological polar surface area (TPSA) is 84.1 Å². The van der Waals surface area contributed by atoms with E-state index in [9.17, 15) is 8.42 Å². The zero-order chi connectivity index (χ0) is 17.8. The summed E-state index contributed by atoms with van der Waals surface area (Å²) < 4.78 is 35.0. The van der Waals surface area contributed by atoms with Crippen molar-refractivity contribution in [3.05, 3.63) is 91.0 Å². The van der Waals surface area contributed by atoms with Crippen molar-refractivity contribution < 1.29 is 21.7 Å². The summed E-state index contributed by atoms with van der Waals surface area (Å²) in [4.78, 5) is 2.31. The van der Waals surface area contributed by atoms with Crippen LogP contribution in [0, 0.1) is 0 Å². The van der Waals surface area contributed by atoms with Gasteiger partial charge in [0, 0.05) is 14.7 Å². The fraction of sp³-hybridized carbons (Fsp3) is 0.0526.